The van der Waals surface area contributed by atoms with Gasteiger partial charge in [0.25, 0.3) is 5.91 Å². The largest absolute Gasteiger partial charge is 0.611 e. The highest BCUT2D eigenvalue weighted by Crippen LogP contribution is 2.36. The van der Waals surface area contributed by atoms with E-state index in [4.69, 9.17) is 9.31 Å². The van der Waals surface area contributed by atoms with Crippen LogP contribution in [0.3, 0.4) is 0 Å². The number of quaternary nitrogens is 1. The van der Waals surface area contributed by atoms with Gasteiger partial charge in [-0.3, -0.25) is 9.59 Å². The SMILES string of the molecule is CC(C)C[C@H](CC(=O)[C@@H](NC(=O)c1cccc(-c2ccccc2)n1)[C@@H](C)O)[B-]12OC[C@@H](C)[NH+]1[C@@H](C)C(=O)O2. The molecule has 0 aliphatic carbocycles. The van der Waals surface area contributed by atoms with Gasteiger partial charge < -0.3 is 24.5 Å². The van der Waals surface area contributed by atoms with Crippen LogP contribution in [0, 0.1) is 5.92 Å². The van der Waals surface area contributed by atoms with E-state index in [0.717, 1.165) is 10.4 Å². The number of nitrogens with zero attached hydrogens (tertiary/aromatic N) is 1. The standard InChI is InChI=1S/C28H38BN3O6/c1-17(2)14-22(29-32(18(3)16-37-29)19(4)28(36)38-29)15-25(34)26(20(5)33)31-27(35)24-13-9-12-23(30-24)21-10-7-6-8-11-21/h6-13,17-20,22,26,32-33H,14-16H2,1-5H3,(H,31,35)/t18-,19+,20-,22-,26+,29?/m1/s1. The number of aromatic nitrogens is 1. The predicted molar refractivity (Wildman–Crippen MR) is 143 cm³/mol. The topological polar surface area (TPSA) is 119 Å². The van der Waals surface area contributed by atoms with Gasteiger partial charge in [0.15, 0.2) is 5.78 Å². The number of pyridine rings is 1. The number of hydrogen-bond acceptors (Lipinski definition) is 7. The van der Waals surface area contributed by atoms with Gasteiger partial charge in [-0.25, -0.2) is 9.78 Å². The van der Waals surface area contributed by atoms with Crippen molar-refractivity contribution < 1.29 is 33.6 Å². The molecule has 0 radical (unpaired) electrons. The molecule has 2 aromatic rings. The van der Waals surface area contributed by atoms with Gasteiger partial charge in [-0.1, -0.05) is 56.7 Å². The lowest BCUT2D eigenvalue weighted by Crippen LogP contribution is -3.25. The monoisotopic (exact) mass is 523 g/mol. The Morgan fingerprint density at radius 2 is 1.84 bits per heavy atom. The highest BCUT2D eigenvalue weighted by atomic mass is 16.7. The van der Waals surface area contributed by atoms with Crippen molar-refractivity contribution in [3.05, 3.63) is 54.2 Å². The zero-order chi connectivity index (χ0) is 27.6. The van der Waals surface area contributed by atoms with E-state index in [-0.39, 0.29) is 47.7 Å². The molecule has 1 aromatic carbocycles. The Bertz CT molecular complexity index is 1180. The van der Waals surface area contributed by atoms with Crippen LogP contribution in [-0.2, 0) is 18.9 Å². The molecule has 1 amide bonds. The number of ketones is 1. The van der Waals surface area contributed by atoms with Crippen LogP contribution >= 0.6 is 0 Å². The molecule has 2 saturated heterocycles. The summed E-state index contributed by atoms with van der Waals surface area (Å²) in [7, 11) is 0. The van der Waals surface area contributed by atoms with Crippen LogP contribution in [0.4, 0.5) is 0 Å². The maximum atomic E-state index is 13.6. The second kappa shape index (κ2) is 11.3. The van der Waals surface area contributed by atoms with Crippen molar-refractivity contribution in [2.75, 3.05) is 6.61 Å². The number of nitrogens with one attached hydrogen (secondary N) is 2. The van der Waals surface area contributed by atoms with Crippen LogP contribution in [0.15, 0.2) is 48.5 Å². The summed E-state index contributed by atoms with van der Waals surface area (Å²) < 4.78 is 12.1. The van der Waals surface area contributed by atoms with Gasteiger partial charge in [-0.15, -0.1) is 0 Å². The average Bonchev–Trinajstić information content (AvgIpc) is 3.35. The van der Waals surface area contributed by atoms with Crippen molar-refractivity contribution in [2.45, 2.75) is 77.5 Å². The fraction of sp³-hybridized carbons (Fsp3) is 0.500. The van der Waals surface area contributed by atoms with Crippen molar-refractivity contribution in [3.63, 3.8) is 0 Å². The third kappa shape index (κ3) is 5.53. The number of hydrogen-bond donors (Lipinski definition) is 3. The summed E-state index contributed by atoms with van der Waals surface area (Å²) in [6.07, 6.45) is -0.532. The first-order valence-corrected chi connectivity index (χ1v) is 13.5. The Balaban J connectivity index is 1.54. The van der Waals surface area contributed by atoms with Gasteiger partial charge in [0.1, 0.15) is 17.8 Å². The molecule has 3 heterocycles. The fourth-order valence-corrected chi connectivity index (χ4v) is 6.09. The Kier molecular flexibility index (Phi) is 8.35. The van der Waals surface area contributed by atoms with E-state index < -0.39 is 24.7 Å². The van der Waals surface area contributed by atoms with E-state index in [1.165, 1.54) is 6.92 Å². The number of aliphatic hydroxyl groups is 1. The van der Waals surface area contributed by atoms with Gasteiger partial charge >= 0.3 is 12.7 Å². The molecule has 2 aliphatic rings. The number of aliphatic hydroxyl groups excluding tert-OH is 1. The Morgan fingerprint density at radius 1 is 1.13 bits per heavy atom. The molecule has 0 spiro atoms. The third-order valence-electron chi connectivity index (χ3n) is 7.80. The van der Waals surface area contributed by atoms with E-state index in [2.05, 4.69) is 10.3 Å². The Morgan fingerprint density at radius 3 is 2.50 bits per heavy atom. The van der Waals surface area contributed by atoms with Crippen LogP contribution in [0.25, 0.3) is 11.3 Å². The zero-order valence-corrected chi connectivity index (χ0v) is 22.7. The Labute approximate surface area is 223 Å². The fourth-order valence-electron chi connectivity index (χ4n) is 6.09. The molecular weight excluding hydrogens is 485 g/mol. The molecule has 10 heteroatoms. The second-order valence-corrected chi connectivity index (χ2v) is 11.2. The van der Waals surface area contributed by atoms with E-state index in [9.17, 15) is 19.5 Å². The molecule has 2 fully saturated rings. The van der Waals surface area contributed by atoms with Gasteiger partial charge in [0, 0.05) is 5.56 Å². The number of Topliss-reactive ketones (excluding diaryl/α,β-unsaturated/α-hetero) is 1. The highest BCUT2D eigenvalue weighted by molar-refractivity contribution is 6.64. The first-order valence-electron chi connectivity index (χ1n) is 13.5. The van der Waals surface area contributed by atoms with E-state index in [1.807, 2.05) is 64.1 Å². The Hall–Kier alpha value is -3.08. The van der Waals surface area contributed by atoms with Crippen LogP contribution in [0.1, 0.15) is 57.9 Å². The molecule has 4 rings (SSSR count). The maximum Gasteiger partial charge on any atom is 0.530 e. The quantitative estimate of drug-likeness (QED) is 0.407. The number of amides is 1. The summed E-state index contributed by atoms with van der Waals surface area (Å²) in [4.78, 5) is 44.8. The molecule has 38 heavy (non-hydrogen) atoms. The molecular formula is C28H38BN3O6. The molecule has 0 saturated carbocycles. The minimum Gasteiger partial charge on any atom is -0.611 e. The molecule has 2 unspecified atom stereocenters. The number of carbonyl (C=O) groups is 3. The molecule has 3 N–H and O–H groups in total. The van der Waals surface area contributed by atoms with Gasteiger partial charge in [-0.05, 0) is 51.1 Å². The lowest BCUT2D eigenvalue weighted by atomic mass is 9.53. The summed E-state index contributed by atoms with van der Waals surface area (Å²) in [6, 6.07) is 13.1. The first-order chi connectivity index (χ1) is 18.0. The third-order valence-corrected chi connectivity index (χ3v) is 7.80. The van der Waals surface area contributed by atoms with Crippen molar-refractivity contribution >= 4 is 24.3 Å². The number of carbonyl (C=O) groups excluding carboxylic acids is 3. The van der Waals surface area contributed by atoms with Crippen molar-refractivity contribution in [1.29, 1.82) is 0 Å². The van der Waals surface area contributed by atoms with Crippen LogP contribution < -0.4 is 10.1 Å². The summed E-state index contributed by atoms with van der Waals surface area (Å²) in [5.74, 6) is -1.38. The van der Waals surface area contributed by atoms with E-state index in [0.29, 0.717) is 18.7 Å². The van der Waals surface area contributed by atoms with Gasteiger partial charge in [-0.2, -0.15) is 0 Å². The smallest absolute Gasteiger partial charge is 0.530 e. The van der Waals surface area contributed by atoms with Crippen LogP contribution in [-0.4, -0.2) is 65.3 Å². The summed E-state index contributed by atoms with van der Waals surface area (Å²) in [6.45, 7) is 7.74. The normalized spacial score (nSPS) is 26.9. The molecule has 2 aliphatic heterocycles. The number of fused-ring (bicyclic) bond motifs is 1. The van der Waals surface area contributed by atoms with Crippen molar-refractivity contribution in [1.82, 2.24) is 10.3 Å². The molecule has 204 valence electrons. The second-order valence-electron chi connectivity index (χ2n) is 11.2. The van der Waals surface area contributed by atoms with Crippen LogP contribution in [0.5, 0.6) is 0 Å². The van der Waals surface area contributed by atoms with Gasteiger partial charge in [0.2, 0.25) is 0 Å². The van der Waals surface area contributed by atoms with Gasteiger partial charge in [0.05, 0.1) is 24.4 Å². The first kappa shape index (κ1) is 27.9. The van der Waals surface area contributed by atoms with Crippen LogP contribution in [0.2, 0.25) is 5.82 Å². The van der Waals surface area contributed by atoms with E-state index >= 15 is 0 Å². The maximum absolute atomic E-state index is 13.6. The highest BCUT2D eigenvalue weighted by Gasteiger charge is 2.64. The minimum absolute atomic E-state index is 0.00172. The average molecular weight is 523 g/mol. The number of rotatable bonds is 10. The number of benzene rings is 1. The molecule has 1 aromatic heterocycles. The zero-order valence-electron chi connectivity index (χ0n) is 22.7. The lowest BCUT2D eigenvalue weighted by Gasteiger charge is -2.40. The summed E-state index contributed by atoms with van der Waals surface area (Å²) in [5, 5.41) is 13.2. The predicted octanol–water partition coefficient (Wildman–Crippen LogP) is 1.79. The summed E-state index contributed by atoms with van der Waals surface area (Å²) >= 11 is 0. The van der Waals surface area contributed by atoms with E-state index in [1.54, 1.807) is 12.1 Å². The lowest BCUT2D eigenvalue weighted by molar-refractivity contribution is -0.831. The molecule has 9 nitrogen and oxygen atoms in total. The van der Waals surface area contributed by atoms with Crippen molar-refractivity contribution in [2.24, 2.45) is 5.92 Å². The molecule has 7 atom stereocenters. The summed E-state index contributed by atoms with van der Waals surface area (Å²) in [5.41, 5.74) is 1.64. The molecule has 0 bridgehead atoms. The minimum atomic E-state index is -2.10. The van der Waals surface area contributed by atoms with Crippen molar-refractivity contribution in [3.8, 4) is 11.3 Å².